The van der Waals surface area contributed by atoms with E-state index in [-0.39, 0.29) is 5.91 Å². The maximum Gasteiger partial charge on any atom is 0.254 e. The number of anilines is 2. The maximum atomic E-state index is 12.8. The molecule has 0 bridgehead atoms. The summed E-state index contributed by atoms with van der Waals surface area (Å²) < 4.78 is 12.8. The Morgan fingerprint density at radius 3 is 2.63 bits per heavy atom. The molecule has 4 rings (SSSR count). The van der Waals surface area contributed by atoms with Gasteiger partial charge in [-0.25, -0.2) is 0 Å². The fourth-order valence-electron chi connectivity index (χ4n) is 3.90. The van der Waals surface area contributed by atoms with Crippen LogP contribution in [-0.4, -0.2) is 55.2 Å². The lowest BCUT2D eigenvalue weighted by Gasteiger charge is -2.29. The number of carbonyl (C=O) groups is 1. The van der Waals surface area contributed by atoms with Crippen LogP contribution in [0.15, 0.2) is 48.5 Å². The zero-order valence-electron chi connectivity index (χ0n) is 17.5. The van der Waals surface area contributed by atoms with Crippen molar-refractivity contribution in [2.45, 2.75) is 26.0 Å². The first kappa shape index (κ1) is 20.4. The van der Waals surface area contributed by atoms with Crippen molar-refractivity contribution in [1.29, 1.82) is 0 Å². The Morgan fingerprint density at radius 2 is 1.93 bits per heavy atom. The van der Waals surface area contributed by atoms with Gasteiger partial charge in [-0.2, -0.15) is 5.10 Å². The summed E-state index contributed by atoms with van der Waals surface area (Å²) in [5, 5.41) is 8.77. The lowest BCUT2D eigenvalue weighted by molar-refractivity contribution is -0.125. The lowest BCUT2D eigenvalue weighted by Crippen LogP contribution is -2.36. The molecule has 1 aliphatic heterocycles. The largest absolute Gasteiger partial charge is 0.378 e. The first-order valence-corrected chi connectivity index (χ1v) is 10.4. The summed E-state index contributed by atoms with van der Waals surface area (Å²) in [5.74, 6) is 0.395. The quantitative estimate of drug-likeness (QED) is 0.650. The number of hydrogen-bond donors (Lipinski definition) is 1. The van der Waals surface area contributed by atoms with Gasteiger partial charge in [-0.15, -0.1) is 0 Å². The first-order chi connectivity index (χ1) is 14.7. The van der Waals surface area contributed by atoms with E-state index in [9.17, 15) is 4.79 Å². The minimum Gasteiger partial charge on any atom is -0.378 e. The van der Waals surface area contributed by atoms with E-state index in [1.54, 1.807) is 7.11 Å². The van der Waals surface area contributed by atoms with Crippen molar-refractivity contribution >= 4 is 28.3 Å². The molecule has 1 N–H and O–H groups in total. The van der Waals surface area contributed by atoms with Crippen LogP contribution in [-0.2, 0) is 20.8 Å². The van der Waals surface area contributed by atoms with E-state index in [0.29, 0.717) is 32.0 Å². The molecule has 1 fully saturated rings. The van der Waals surface area contributed by atoms with Crippen LogP contribution in [0.2, 0.25) is 0 Å². The third kappa shape index (κ3) is 4.17. The number of rotatable bonds is 7. The number of carbonyl (C=O) groups excluding carboxylic acids is 1. The fourth-order valence-corrected chi connectivity index (χ4v) is 3.90. The van der Waals surface area contributed by atoms with Gasteiger partial charge in [0.2, 0.25) is 0 Å². The van der Waals surface area contributed by atoms with Crippen LogP contribution >= 0.6 is 0 Å². The van der Waals surface area contributed by atoms with Crippen molar-refractivity contribution in [2.75, 3.05) is 43.6 Å². The van der Waals surface area contributed by atoms with E-state index in [2.05, 4.69) is 34.5 Å². The van der Waals surface area contributed by atoms with Crippen LogP contribution in [0.3, 0.4) is 0 Å². The summed E-state index contributed by atoms with van der Waals surface area (Å²) in [7, 11) is 1.55. The molecule has 30 heavy (non-hydrogen) atoms. The third-order valence-corrected chi connectivity index (χ3v) is 5.47. The topological polar surface area (TPSA) is 68.6 Å². The van der Waals surface area contributed by atoms with Crippen LogP contribution in [0.1, 0.15) is 18.9 Å². The SMILES string of the molecule is CC[C@H](OC)C(=O)Nc1nn(Cc2ccccc2)c2cccc(N3CCOCC3)c12. The first-order valence-electron chi connectivity index (χ1n) is 10.4. The van der Waals surface area contributed by atoms with Crippen molar-refractivity contribution < 1.29 is 14.3 Å². The van der Waals surface area contributed by atoms with Gasteiger partial charge in [-0.3, -0.25) is 9.48 Å². The van der Waals surface area contributed by atoms with E-state index in [1.165, 1.54) is 0 Å². The summed E-state index contributed by atoms with van der Waals surface area (Å²) in [6, 6.07) is 16.4. The van der Waals surface area contributed by atoms with Gasteiger partial charge in [-0.05, 0) is 24.1 Å². The number of amides is 1. The molecule has 1 aromatic heterocycles. The molecule has 0 radical (unpaired) electrons. The Morgan fingerprint density at radius 1 is 1.17 bits per heavy atom. The number of ether oxygens (including phenoxy) is 2. The summed E-state index contributed by atoms with van der Waals surface area (Å²) in [4.78, 5) is 15.0. The Labute approximate surface area is 176 Å². The number of aromatic nitrogens is 2. The van der Waals surface area contributed by atoms with E-state index in [1.807, 2.05) is 35.9 Å². The fraction of sp³-hybridized carbons (Fsp3) is 0.391. The predicted molar refractivity (Wildman–Crippen MR) is 118 cm³/mol. The Kier molecular flexibility index (Phi) is 6.30. The van der Waals surface area contributed by atoms with Gasteiger partial charge in [0.05, 0.1) is 36.3 Å². The number of benzene rings is 2. The third-order valence-electron chi connectivity index (χ3n) is 5.47. The van der Waals surface area contributed by atoms with Gasteiger partial charge >= 0.3 is 0 Å². The van der Waals surface area contributed by atoms with Crippen molar-refractivity contribution in [2.24, 2.45) is 0 Å². The number of fused-ring (bicyclic) bond motifs is 1. The molecule has 0 spiro atoms. The van der Waals surface area contributed by atoms with Crippen molar-refractivity contribution in [1.82, 2.24) is 9.78 Å². The maximum absolute atomic E-state index is 12.8. The minimum absolute atomic E-state index is 0.178. The summed E-state index contributed by atoms with van der Waals surface area (Å²) in [5.41, 5.74) is 3.21. The molecule has 0 saturated carbocycles. The van der Waals surface area contributed by atoms with Crippen LogP contribution < -0.4 is 10.2 Å². The number of hydrogen-bond acceptors (Lipinski definition) is 5. The van der Waals surface area contributed by atoms with Crippen molar-refractivity contribution in [3.8, 4) is 0 Å². The molecular formula is C23H28N4O3. The number of methoxy groups -OCH3 is 1. The summed E-state index contributed by atoms with van der Waals surface area (Å²) in [6.07, 6.45) is 0.0938. The van der Waals surface area contributed by atoms with Gasteiger partial charge in [0.15, 0.2) is 5.82 Å². The average Bonchev–Trinajstić information content (AvgIpc) is 3.13. The minimum atomic E-state index is -0.505. The molecule has 1 aliphatic rings. The smallest absolute Gasteiger partial charge is 0.254 e. The Bertz CT molecular complexity index is 992. The molecule has 2 heterocycles. The van der Waals surface area contributed by atoms with Gasteiger partial charge < -0.3 is 19.7 Å². The van der Waals surface area contributed by atoms with Crippen molar-refractivity contribution in [3.05, 3.63) is 54.1 Å². The standard InChI is InChI=1S/C23H28N4O3/c1-3-20(29-2)23(28)24-22-21-18(26-12-14-30-15-13-26)10-7-11-19(21)27(25-22)16-17-8-5-4-6-9-17/h4-11,20H,3,12-16H2,1-2H3,(H,24,25,28)/t20-/m0/s1. The van der Waals surface area contributed by atoms with E-state index in [0.717, 1.165) is 35.2 Å². The number of morpholine rings is 1. The average molecular weight is 409 g/mol. The number of nitrogens with one attached hydrogen (secondary N) is 1. The lowest BCUT2D eigenvalue weighted by atomic mass is 10.1. The second-order valence-electron chi connectivity index (χ2n) is 7.38. The molecular weight excluding hydrogens is 380 g/mol. The van der Waals surface area contributed by atoms with Crippen LogP contribution in [0.5, 0.6) is 0 Å². The molecule has 1 amide bonds. The molecule has 0 aliphatic carbocycles. The monoisotopic (exact) mass is 408 g/mol. The molecule has 2 aromatic carbocycles. The van der Waals surface area contributed by atoms with Crippen LogP contribution in [0, 0.1) is 0 Å². The highest BCUT2D eigenvalue weighted by Gasteiger charge is 2.23. The highest BCUT2D eigenvalue weighted by molar-refractivity contribution is 6.07. The van der Waals surface area contributed by atoms with Crippen LogP contribution in [0.25, 0.3) is 10.9 Å². The number of nitrogens with zero attached hydrogens (tertiary/aromatic N) is 3. The summed E-state index contributed by atoms with van der Waals surface area (Å²) in [6.45, 7) is 5.56. The predicted octanol–water partition coefficient (Wildman–Crippen LogP) is 3.28. The highest BCUT2D eigenvalue weighted by atomic mass is 16.5. The molecule has 1 atom stereocenters. The van der Waals surface area contributed by atoms with E-state index in [4.69, 9.17) is 14.6 Å². The molecule has 3 aromatic rings. The van der Waals surface area contributed by atoms with Gasteiger partial charge in [0.25, 0.3) is 5.91 Å². The van der Waals surface area contributed by atoms with Crippen LogP contribution in [0.4, 0.5) is 11.5 Å². The zero-order valence-corrected chi connectivity index (χ0v) is 17.5. The van der Waals surface area contributed by atoms with Gasteiger partial charge in [0.1, 0.15) is 6.10 Å². The van der Waals surface area contributed by atoms with Crippen molar-refractivity contribution in [3.63, 3.8) is 0 Å². The molecule has 158 valence electrons. The molecule has 7 heteroatoms. The normalized spacial score (nSPS) is 15.3. The Balaban J connectivity index is 1.78. The van der Waals surface area contributed by atoms with E-state index < -0.39 is 6.10 Å². The zero-order chi connectivity index (χ0) is 20.9. The molecule has 0 unspecified atom stereocenters. The molecule has 1 saturated heterocycles. The van der Waals surface area contributed by atoms with Gasteiger partial charge in [-0.1, -0.05) is 43.3 Å². The van der Waals surface area contributed by atoms with E-state index >= 15 is 0 Å². The van der Waals surface area contributed by atoms with Gasteiger partial charge in [0, 0.05) is 20.2 Å². The summed E-state index contributed by atoms with van der Waals surface area (Å²) >= 11 is 0. The highest BCUT2D eigenvalue weighted by Crippen LogP contribution is 2.34. The second-order valence-corrected chi connectivity index (χ2v) is 7.38. The second kappa shape index (κ2) is 9.28. The Hall–Kier alpha value is -2.90. The molecule has 7 nitrogen and oxygen atoms in total.